The normalized spacial score (nSPS) is 20.4. The lowest BCUT2D eigenvalue weighted by atomic mass is 9.87. The van der Waals surface area contributed by atoms with Crippen LogP contribution in [-0.2, 0) is 21.2 Å². The van der Waals surface area contributed by atoms with Crippen molar-refractivity contribution in [2.24, 2.45) is 5.92 Å². The second-order valence-corrected chi connectivity index (χ2v) is 9.94. The van der Waals surface area contributed by atoms with Crippen LogP contribution in [0, 0.1) is 5.92 Å². The van der Waals surface area contributed by atoms with Gasteiger partial charge in [0, 0.05) is 19.0 Å². The van der Waals surface area contributed by atoms with Crippen molar-refractivity contribution >= 4 is 15.9 Å². The third kappa shape index (κ3) is 4.23. The number of methoxy groups -OCH3 is 1. The summed E-state index contributed by atoms with van der Waals surface area (Å²) in [6.45, 7) is 0.710. The van der Waals surface area contributed by atoms with Gasteiger partial charge in [0.2, 0.25) is 15.9 Å². The number of sulfonamides is 1. The Labute approximate surface area is 178 Å². The van der Waals surface area contributed by atoms with Crippen molar-refractivity contribution in [3.63, 3.8) is 0 Å². The molecule has 1 aliphatic heterocycles. The van der Waals surface area contributed by atoms with Crippen molar-refractivity contribution < 1.29 is 17.9 Å². The van der Waals surface area contributed by atoms with Crippen molar-refractivity contribution in [3.05, 3.63) is 59.7 Å². The van der Waals surface area contributed by atoms with Crippen molar-refractivity contribution in [2.45, 2.75) is 43.0 Å². The molecule has 160 valence electrons. The smallest absolute Gasteiger partial charge is 0.243 e. The first-order chi connectivity index (χ1) is 14.5. The molecule has 0 unspecified atom stereocenters. The number of aryl methyl sites for hydroxylation is 1. The van der Waals surface area contributed by atoms with Gasteiger partial charge in [-0.05, 0) is 67.5 Å². The quantitative estimate of drug-likeness (QED) is 0.793. The Morgan fingerprint density at radius 1 is 1.03 bits per heavy atom. The van der Waals surface area contributed by atoms with Gasteiger partial charge in [0.25, 0.3) is 0 Å². The monoisotopic (exact) mass is 428 g/mol. The van der Waals surface area contributed by atoms with E-state index in [2.05, 4.69) is 17.4 Å². The summed E-state index contributed by atoms with van der Waals surface area (Å²) in [6.07, 6.45) is 4.16. The van der Waals surface area contributed by atoms with Gasteiger partial charge in [-0.15, -0.1) is 0 Å². The third-order valence-corrected chi connectivity index (χ3v) is 8.12. The summed E-state index contributed by atoms with van der Waals surface area (Å²) in [4.78, 5) is 13.1. The van der Waals surface area contributed by atoms with E-state index < -0.39 is 10.0 Å². The van der Waals surface area contributed by atoms with E-state index in [0.717, 1.165) is 19.3 Å². The highest BCUT2D eigenvalue weighted by Gasteiger charge is 2.33. The lowest BCUT2D eigenvalue weighted by Gasteiger charge is -2.32. The predicted octanol–water partition coefficient (Wildman–Crippen LogP) is 3.29. The maximum Gasteiger partial charge on any atom is 0.243 e. The van der Waals surface area contributed by atoms with Crippen LogP contribution in [0.5, 0.6) is 5.75 Å². The highest BCUT2D eigenvalue weighted by atomic mass is 32.2. The van der Waals surface area contributed by atoms with Crippen LogP contribution in [0.1, 0.15) is 42.9 Å². The minimum atomic E-state index is -3.56. The number of nitrogens with one attached hydrogen (secondary N) is 1. The zero-order valence-electron chi connectivity index (χ0n) is 17.2. The van der Waals surface area contributed by atoms with Crippen LogP contribution >= 0.6 is 0 Å². The molecular formula is C23H28N2O4S. The molecule has 1 atom stereocenters. The molecule has 1 amide bonds. The van der Waals surface area contributed by atoms with Gasteiger partial charge in [0.15, 0.2) is 0 Å². The van der Waals surface area contributed by atoms with Crippen LogP contribution in [0.3, 0.4) is 0 Å². The number of nitrogens with zero attached hydrogens (tertiary/aromatic N) is 1. The summed E-state index contributed by atoms with van der Waals surface area (Å²) in [5.41, 5.74) is 2.53. The average Bonchev–Trinajstić information content (AvgIpc) is 2.79. The first-order valence-electron chi connectivity index (χ1n) is 10.5. The van der Waals surface area contributed by atoms with Gasteiger partial charge in [-0.25, -0.2) is 8.42 Å². The molecule has 1 saturated heterocycles. The van der Waals surface area contributed by atoms with Crippen molar-refractivity contribution in [3.8, 4) is 5.75 Å². The van der Waals surface area contributed by atoms with E-state index in [-0.39, 0.29) is 22.8 Å². The molecule has 6 nitrogen and oxygen atoms in total. The van der Waals surface area contributed by atoms with Crippen LogP contribution in [-0.4, -0.2) is 38.8 Å². The van der Waals surface area contributed by atoms with Gasteiger partial charge >= 0.3 is 0 Å². The molecular weight excluding hydrogens is 400 g/mol. The summed E-state index contributed by atoms with van der Waals surface area (Å²) in [6, 6.07) is 14.8. The van der Waals surface area contributed by atoms with E-state index in [9.17, 15) is 13.2 Å². The van der Waals surface area contributed by atoms with Gasteiger partial charge in [-0.3, -0.25) is 4.79 Å². The molecule has 0 spiro atoms. The number of hydrogen-bond donors (Lipinski definition) is 1. The Morgan fingerprint density at radius 3 is 2.43 bits per heavy atom. The number of hydrogen-bond acceptors (Lipinski definition) is 4. The second kappa shape index (κ2) is 8.78. The van der Waals surface area contributed by atoms with E-state index in [1.165, 1.54) is 15.4 Å². The van der Waals surface area contributed by atoms with E-state index in [0.29, 0.717) is 31.7 Å². The number of piperidine rings is 1. The van der Waals surface area contributed by atoms with Crippen LogP contribution in [0.25, 0.3) is 0 Å². The number of carbonyl (C=O) groups is 1. The summed E-state index contributed by atoms with van der Waals surface area (Å²) in [5.74, 6) is 0.508. The zero-order chi connectivity index (χ0) is 21.1. The molecule has 4 rings (SSSR count). The molecule has 0 saturated carbocycles. The van der Waals surface area contributed by atoms with Gasteiger partial charge < -0.3 is 10.1 Å². The number of amides is 1. The Balaban J connectivity index is 1.37. The first kappa shape index (κ1) is 20.9. The maximum absolute atomic E-state index is 12.9. The van der Waals surface area contributed by atoms with Crippen LogP contribution in [0.15, 0.2) is 53.4 Å². The lowest BCUT2D eigenvalue weighted by molar-refractivity contribution is -0.127. The molecule has 2 aliphatic rings. The molecule has 1 aliphatic carbocycles. The molecule has 30 heavy (non-hydrogen) atoms. The standard InChI is InChI=1S/C23H28N2O4S/c1-29-19-9-11-20(12-10-19)30(27,28)25-15-13-18(14-16-25)23(26)24-22-8-4-6-17-5-2-3-7-21(17)22/h2-3,5,7,9-12,18,22H,4,6,8,13-16H2,1H3,(H,24,26)/t22-/m0/s1. The highest BCUT2D eigenvalue weighted by Crippen LogP contribution is 2.31. The van der Waals surface area contributed by atoms with Crippen molar-refractivity contribution in [1.29, 1.82) is 0 Å². The Hall–Kier alpha value is -2.38. The topological polar surface area (TPSA) is 75.7 Å². The molecule has 2 aromatic rings. The third-order valence-electron chi connectivity index (χ3n) is 6.21. The lowest BCUT2D eigenvalue weighted by Crippen LogP contribution is -2.44. The van der Waals surface area contributed by atoms with E-state index in [1.807, 2.05) is 12.1 Å². The number of benzene rings is 2. The van der Waals surface area contributed by atoms with Crippen LogP contribution < -0.4 is 10.1 Å². The fraction of sp³-hybridized carbons (Fsp3) is 0.435. The fourth-order valence-electron chi connectivity index (χ4n) is 4.45. The molecule has 1 N–H and O–H groups in total. The first-order valence-corrected chi connectivity index (χ1v) is 12.0. The van der Waals surface area contributed by atoms with E-state index in [1.54, 1.807) is 31.4 Å². The van der Waals surface area contributed by atoms with Crippen molar-refractivity contribution in [1.82, 2.24) is 9.62 Å². The fourth-order valence-corrected chi connectivity index (χ4v) is 5.92. The largest absolute Gasteiger partial charge is 0.497 e. The van der Waals surface area contributed by atoms with Crippen LogP contribution in [0.2, 0.25) is 0 Å². The van der Waals surface area contributed by atoms with E-state index >= 15 is 0 Å². The number of ether oxygens (including phenoxy) is 1. The molecule has 1 fully saturated rings. The highest BCUT2D eigenvalue weighted by molar-refractivity contribution is 7.89. The Bertz CT molecular complexity index is 996. The molecule has 1 heterocycles. The van der Waals surface area contributed by atoms with Gasteiger partial charge in [-0.2, -0.15) is 4.31 Å². The number of fused-ring (bicyclic) bond motifs is 1. The molecule has 7 heteroatoms. The predicted molar refractivity (Wildman–Crippen MR) is 115 cm³/mol. The minimum absolute atomic E-state index is 0.0400. The molecule has 0 aromatic heterocycles. The molecule has 2 aromatic carbocycles. The maximum atomic E-state index is 12.9. The van der Waals surface area contributed by atoms with Crippen molar-refractivity contribution in [2.75, 3.05) is 20.2 Å². The van der Waals surface area contributed by atoms with Gasteiger partial charge in [0.1, 0.15) is 5.75 Å². The Morgan fingerprint density at radius 2 is 1.73 bits per heavy atom. The summed E-state index contributed by atoms with van der Waals surface area (Å²) < 4.78 is 32.4. The van der Waals surface area contributed by atoms with Gasteiger partial charge in [-0.1, -0.05) is 24.3 Å². The summed E-state index contributed by atoms with van der Waals surface area (Å²) >= 11 is 0. The van der Waals surface area contributed by atoms with Crippen LogP contribution in [0.4, 0.5) is 0 Å². The minimum Gasteiger partial charge on any atom is -0.497 e. The second-order valence-electron chi connectivity index (χ2n) is 8.01. The summed E-state index contributed by atoms with van der Waals surface area (Å²) in [5, 5.41) is 3.22. The number of carbonyl (C=O) groups excluding carboxylic acids is 1. The van der Waals surface area contributed by atoms with E-state index in [4.69, 9.17) is 4.74 Å². The zero-order valence-corrected chi connectivity index (χ0v) is 18.0. The average molecular weight is 429 g/mol. The van der Waals surface area contributed by atoms with Gasteiger partial charge in [0.05, 0.1) is 18.0 Å². The summed E-state index contributed by atoms with van der Waals surface area (Å²) in [7, 11) is -2.01. The SMILES string of the molecule is COc1ccc(S(=O)(=O)N2CCC(C(=O)N[C@H]3CCCc4ccccc43)CC2)cc1. The molecule has 0 radical (unpaired) electrons. The Kier molecular flexibility index (Phi) is 6.11. The molecule has 0 bridgehead atoms. The number of rotatable bonds is 5.